The lowest BCUT2D eigenvalue weighted by Gasteiger charge is -2.10. The van der Waals surface area contributed by atoms with Gasteiger partial charge in [-0.3, -0.25) is 4.79 Å². The van der Waals surface area contributed by atoms with E-state index in [-0.39, 0.29) is 4.90 Å². The van der Waals surface area contributed by atoms with Crippen LogP contribution in [0.1, 0.15) is 18.4 Å². The van der Waals surface area contributed by atoms with Gasteiger partial charge in [-0.1, -0.05) is 12.1 Å². The molecule has 1 saturated carbocycles. The molecule has 2 rings (SSSR count). The number of carbonyl (C=O) groups is 1. The van der Waals surface area contributed by atoms with Crippen LogP contribution in [-0.2, 0) is 20.2 Å². The third-order valence-corrected chi connectivity index (χ3v) is 4.58. The molecule has 0 saturated heterocycles. The number of sulfonamides is 1. The number of aliphatic carboxylic acids is 1. The van der Waals surface area contributed by atoms with Crippen LogP contribution in [0.3, 0.4) is 0 Å². The third-order valence-electron chi connectivity index (χ3n) is 3.15. The van der Waals surface area contributed by atoms with Gasteiger partial charge < -0.3 is 5.11 Å². The van der Waals surface area contributed by atoms with Crippen LogP contribution in [0.5, 0.6) is 0 Å². The van der Waals surface area contributed by atoms with E-state index in [2.05, 4.69) is 4.72 Å². The molecule has 2 N–H and O–H groups in total. The molecule has 6 heteroatoms. The Bertz CT molecular complexity index is 543. The van der Waals surface area contributed by atoms with Crippen molar-refractivity contribution in [2.45, 2.75) is 23.2 Å². The molecule has 0 spiro atoms. The van der Waals surface area contributed by atoms with Crippen LogP contribution in [0.2, 0.25) is 0 Å². The molecule has 0 aliphatic heterocycles. The molecule has 92 valence electrons. The molecular formula is C11H13NO4S. The molecule has 1 fully saturated rings. The van der Waals surface area contributed by atoms with Crippen molar-refractivity contribution in [3.63, 3.8) is 0 Å². The SMILES string of the molecule is CNS(=O)(=O)c1ccc(C2(C(=O)O)CC2)cc1. The van der Waals surface area contributed by atoms with Gasteiger partial charge in [0.25, 0.3) is 0 Å². The van der Waals surface area contributed by atoms with E-state index < -0.39 is 21.4 Å². The molecule has 0 unspecified atom stereocenters. The van der Waals surface area contributed by atoms with Crippen molar-refractivity contribution in [1.82, 2.24) is 4.72 Å². The molecule has 1 aromatic carbocycles. The molecular weight excluding hydrogens is 242 g/mol. The van der Waals surface area contributed by atoms with Gasteiger partial charge in [-0.25, -0.2) is 13.1 Å². The van der Waals surface area contributed by atoms with Gasteiger partial charge in [-0.15, -0.1) is 0 Å². The molecule has 1 aliphatic rings. The summed E-state index contributed by atoms with van der Waals surface area (Å²) < 4.78 is 25.2. The van der Waals surface area contributed by atoms with Crippen LogP contribution in [0.25, 0.3) is 0 Å². The second-order valence-corrected chi connectivity index (χ2v) is 6.01. The van der Waals surface area contributed by atoms with Crippen molar-refractivity contribution in [2.75, 3.05) is 7.05 Å². The van der Waals surface area contributed by atoms with Gasteiger partial charge in [0.2, 0.25) is 10.0 Å². The van der Waals surface area contributed by atoms with E-state index in [0.717, 1.165) is 0 Å². The van der Waals surface area contributed by atoms with Crippen molar-refractivity contribution >= 4 is 16.0 Å². The minimum atomic E-state index is -3.46. The number of carboxylic acids is 1. The minimum absolute atomic E-state index is 0.143. The molecule has 0 bridgehead atoms. The molecule has 1 aliphatic carbocycles. The maximum Gasteiger partial charge on any atom is 0.314 e. The maximum absolute atomic E-state index is 11.5. The van der Waals surface area contributed by atoms with Crippen molar-refractivity contribution in [2.24, 2.45) is 0 Å². The molecule has 5 nitrogen and oxygen atoms in total. The highest BCUT2D eigenvalue weighted by Gasteiger charge is 2.51. The van der Waals surface area contributed by atoms with Crippen LogP contribution in [0.15, 0.2) is 29.2 Å². The highest BCUT2D eigenvalue weighted by Crippen LogP contribution is 2.48. The Labute approximate surface area is 99.5 Å². The van der Waals surface area contributed by atoms with E-state index >= 15 is 0 Å². The van der Waals surface area contributed by atoms with E-state index in [9.17, 15) is 13.2 Å². The summed E-state index contributed by atoms with van der Waals surface area (Å²) in [6, 6.07) is 6.02. The number of hydrogen-bond acceptors (Lipinski definition) is 3. The molecule has 17 heavy (non-hydrogen) atoms. The molecule has 0 aromatic heterocycles. The van der Waals surface area contributed by atoms with Gasteiger partial charge in [-0.2, -0.15) is 0 Å². The van der Waals surface area contributed by atoms with Crippen molar-refractivity contribution in [1.29, 1.82) is 0 Å². The van der Waals surface area contributed by atoms with Gasteiger partial charge in [0.15, 0.2) is 0 Å². The monoisotopic (exact) mass is 255 g/mol. The van der Waals surface area contributed by atoms with Crippen LogP contribution < -0.4 is 4.72 Å². The Hall–Kier alpha value is -1.40. The second kappa shape index (κ2) is 3.82. The largest absolute Gasteiger partial charge is 0.481 e. The Kier molecular flexibility index (Phi) is 2.71. The highest BCUT2D eigenvalue weighted by molar-refractivity contribution is 7.89. The van der Waals surface area contributed by atoms with Crippen LogP contribution >= 0.6 is 0 Å². The van der Waals surface area contributed by atoms with Crippen molar-refractivity contribution in [3.05, 3.63) is 29.8 Å². The fraction of sp³-hybridized carbons (Fsp3) is 0.364. The van der Waals surface area contributed by atoms with Crippen LogP contribution in [0, 0.1) is 0 Å². The zero-order valence-corrected chi connectivity index (χ0v) is 10.1. The zero-order valence-electron chi connectivity index (χ0n) is 9.30. The zero-order chi connectivity index (χ0) is 12.7. The van der Waals surface area contributed by atoms with E-state index in [0.29, 0.717) is 18.4 Å². The van der Waals surface area contributed by atoms with E-state index in [4.69, 9.17) is 5.11 Å². The molecule has 0 amide bonds. The summed E-state index contributed by atoms with van der Waals surface area (Å²) >= 11 is 0. The Morgan fingerprint density at radius 2 is 1.82 bits per heavy atom. The van der Waals surface area contributed by atoms with Crippen molar-refractivity contribution < 1.29 is 18.3 Å². The molecule has 0 heterocycles. The molecule has 0 radical (unpaired) electrons. The average Bonchev–Trinajstić information content (AvgIpc) is 3.10. The fourth-order valence-electron chi connectivity index (χ4n) is 1.82. The van der Waals surface area contributed by atoms with Crippen LogP contribution in [0.4, 0.5) is 0 Å². The first-order valence-electron chi connectivity index (χ1n) is 5.20. The average molecular weight is 255 g/mol. The summed E-state index contributed by atoms with van der Waals surface area (Å²) in [5.41, 5.74) is -0.123. The molecule has 0 atom stereocenters. The predicted octanol–water partition coefficient (Wildman–Crippen LogP) is 0.711. The van der Waals surface area contributed by atoms with E-state index in [1.807, 2.05) is 0 Å². The standard InChI is InChI=1S/C11H13NO4S/c1-12-17(15,16)9-4-2-8(3-5-9)11(6-7-11)10(13)14/h2-5,12H,6-7H2,1H3,(H,13,14). The first kappa shape index (κ1) is 12.1. The summed E-state index contributed by atoms with van der Waals surface area (Å²) in [5.74, 6) is -0.846. The van der Waals surface area contributed by atoms with E-state index in [1.165, 1.54) is 19.2 Å². The lowest BCUT2D eigenvalue weighted by atomic mass is 9.96. The lowest BCUT2D eigenvalue weighted by Crippen LogP contribution is -2.21. The Morgan fingerprint density at radius 1 is 1.29 bits per heavy atom. The van der Waals surface area contributed by atoms with E-state index in [1.54, 1.807) is 12.1 Å². The van der Waals surface area contributed by atoms with Gasteiger partial charge in [0.1, 0.15) is 0 Å². The molecule has 1 aromatic rings. The predicted molar refractivity (Wildman–Crippen MR) is 61.2 cm³/mol. The summed E-state index contributed by atoms with van der Waals surface area (Å²) in [6.07, 6.45) is 1.22. The third kappa shape index (κ3) is 1.94. The number of carboxylic acid groups (broad SMARTS) is 1. The number of nitrogens with one attached hydrogen (secondary N) is 1. The Balaban J connectivity index is 2.35. The number of hydrogen-bond donors (Lipinski definition) is 2. The normalized spacial score (nSPS) is 17.7. The maximum atomic E-state index is 11.5. The number of benzene rings is 1. The first-order chi connectivity index (χ1) is 7.92. The first-order valence-corrected chi connectivity index (χ1v) is 6.68. The topological polar surface area (TPSA) is 83.5 Å². The summed E-state index contributed by atoms with van der Waals surface area (Å²) in [4.78, 5) is 11.2. The fourth-order valence-corrected chi connectivity index (χ4v) is 2.55. The lowest BCUT2D eigenvalue weighted by molar-refractivity contribution is -0.140. The number of rotatable bonds is 4. The minimum Gasteiger partial charge on any atom is -0.481 e. The Morgan fingerprint density at radius 3 is 2.18 bits per heavy atom. The highest BCUT2D eigenvalue weighted by atomic mass is 32.2. The van der Waals surface area contributed by atoms with Crippen molar-refractivity contribution in [3.8, 4) is 0 Å². The van der Waals surface area contributed by atoms with Gasteiger partial charge in [0, 0.05) is 0 Å². The smallest absolute Gasteiger partial charge is 0.314 e. The summed E-state index contributed by atoms with van der Waals surface area (Å²) in [7, 11) is -2.12. The van der Waals surface area contributed by atoms with Crippen LogP contribution in [-0.4, -0.2) is 26.5 Å². The second-order valence-electron chi connectivity index (χ2n) is 4.12. The summed E-state index contributed by atoms with van der Waals surface area (Å²) in [5, 5.41) is 9.10. The van der Waals surface area contributed by atoms with Gasteiger partial charge >= 0.3 is 5.97 Å². The van der Waals surface area contributed by atoms with Gasteiger partial charge in [-0.05, 0) is 37.6 Å². The summed E-state index contributed by atoms with van der Waals surface area (Å²) in [6.45, 7) is 0. The quantitative estimate of drug-likeness (QED) is 0.830. The van der Waals surface area contributed by atoms with Gasteiger partial charge in [0.05, 0.1) is 10.3 Å².